The Kier molecular flexibility index (Phi) is 4.07. The molecule has 152 valence electrons. The topological polar surface area (TPSA) is 53.5 Å². The number of benzene rings is 2. The predicted molar refractivity (Wildman–Crippen MR) is 120 cm³/mol. The second kappa shape index (κ2) is 6.96. The van der Waals surface area contributed by atoms with E-state index in [0.717, 1.165) is 52.4 Å². The van der Waals surface area contributed by atoms with Crippen molar-refractivity contribution in [1.29, 1.82) is 0 Å². The van der Waals surface area contributed by atoms with E-state index in [9.17, 15) is 0 Å². The molecule has 1 aliphatic heterocycles. The molecule has 0 spiro atoms. The number of nitrogens with zero attached hydrogens (tertiary/aromatic N) is 6. The standard InChI is InChI=1S/C24H19ClN6/c1-29-24-17(11-27-29)9-22-23(26-15-31(22)21-8-7-19(25)10-20(21)24)18-12-28-30(14-18)13-16-5-3-2-4-6-16/h2-8,10-12,14-15H,9,13H2,1H3. The molecule has 4 heterocycles. The smallest absolute Gasteiger partial charge is 0.100 e. The first-order valence-corrected chi connectivity index (χ1v) is 10.5. The minimum absolute atomic E-state index is 0.705. The van der Waals surface area contributed by atoms with Gasteiger partial charge >= 0.3 is 0 Å². The largest absolute Gasteiger partial charge is 0.302 e. The van der Waals surface area contributed by atoms with Crippen LogP contribution in [0.4, 0.5) is 0 Å². The van der Waals surface area contributed by atoms with Gasteiger partial charge in [0.25, 0.3) is 0 Å². The monoisotopic (exact) mass is 426 g/mol. The molecule has 2 aromatic carbocycles. The highest BCUT2D eigenvalue weighted by atomic mass is 35.5. The first kappa shape index (κ1) is 18.2. The summed E-state index contributed by atoms with van der Waals surface area (Å²) in [7, 11) is 1.97. The van der Waals surface area contributed by atoms with Gasteiger partial charge in [0.05, 0.1) is 41.7 Å². The Labute approximate surface area is 184 Å². The Hall–Kier alpha value is -3.64. The maximum Gasteiger partial charge on any atom is 0.100 e. The summed E-state index contributed by atoms with van der Waals surface area (Å²) in [6, 6.07) is 16.3. The zero-order valence-corrected chi connectivity index (χ0v) is 17.7. The molecule has 31 heavy (non-hydrogen) atoms. The lowest BCUT2D eigenvalue weighted by atomic mass is 10.0. The van der Waals surface area contributed by atoms with E-state index >= 15 is 0 Å². The highest BCUT2D eigenvalue weighted by Crippen LogP contribution is 2.38. The molecule has 6 nitrogen and oxygen atoms in total. The van der Waals surface area contributed by atoms with Crippen molar-refractivity contribution in [3.05, 3.63) is 95.3 Å². The molecule has 0 fully saturated rings. The van der Waals surface area contributed by atoms with Gasteiger partial charge in [-0.2, -0.15) is 10.2 Å². The molecule has 0 amide bonds. The Morgan fingerprint density at radius 1 is 1.03 bits per heavy atom. The molecule has 1 aliphatic rings. The molecule has 7 heteroatoms. The van der Waals surface area contributed by atoms with Gasteiger partial charge in [-0.1, -0.05) is 41.9 Å². The van der Waals surface area contributed by atoms with Gasteiger partial charge in [0, 0.05) is 41.4 Å². The maximum atomic E-state index is 6.35. The number of hydrogen-bond donors (Lipinski definition) is 0. The van der Waals surface area contributed by atoms with Gasteiger partial charge in [-0.3, -0.25) is 9.36 Å². The fourth-order valence-electron chi connectivity index (χ4n) is 4.38. The molecule has 0 aliphatic carbocycles. The first-order chi connectivity index (χ1) is 15.2. The molecule has 0 unspecified atom stereocenters. The minimum atomic E-state index is 0.705. The lowest BCUT2D eigenvalue weighted by molar-refractivity contribution is 0.687. The van der Waals surface area contributed by atoms with Crippen LogP contribution in [0, 0.1) is 0 Å². The van der Waals surface area contributed by atoms with Crippen LogP contribution in [-0.4, -0.2) is 29.1 Å². The number of fused-ring (bicyclic) bond motifs is 5. The molecule has 0 saturated carbocycles. The van der Waals surface area contributed by atoms with Crippen LogP contribution in [0.3, 0.4) is 0 Å². The molecule has 0 atom stereocenters. The van der Waals surface area contributed by atoms with E-state index < -0.39 is 0 Å². The third-order valence-corrected chi connectivity index (χ3v) is 6.04. The molecule has 0 bridgehead atoms. The van der Waals surface area contributed by atoms with E-state index in [4.69, 9.17) is 16.6 Å². The quantitative estimate of drug-likeness (QED) is 0.410. The number of hydrogen-bond acceptors (Lipinski definition) is 3. The van der Waals surface area contributed by atoms with Crippen molar-refractivity contribution in [2.24, 2.45) is 7.05 Å². The van der Waals surface area contributed by atoms with Crippen LogP contribution in [0.5, 0.6) is 0 Å². The van der Waals surface area contributed by atoms with Crippen LogP contribution >= 0.6 is 11.6 Å². The van der Waals surface area contributed by atoms with Gasteiger partial charge in [0.1, 0.15) is 6.33 Å². The lowest BCUT2D eigenvalue weighted by Gasteiger charge is -2.11. The molecular weight excluding hydrogens is 408 g/mol. The summed E-state index contributed by atoms with van der Waals surface area (Å²) < 4.78 is 6.04. The summed E-state index contributed by atoms with van der Waals surface area (Å²) in [6.45, 7) is 0.727. The van der Waals surface area contributed by atoms with Gasteiger partial charge in [0.2, 0.25) is 0 Å². The van der Waals surface area contributed by atoms with Crippen molar-refractivity contribution < 1.29 is 0 Å². The fraction of sp³-hybridized carbons (Fsp3) is 0.125. The number of aromatic nitrogens is 6. The normalized spacial score (nSPS) is 12.2. The fourth-order valence-corrected chi connectivity index (χ4v) is 4.55. The zero-order chi connectivity index (χ0) is 20.9. The Balaban J connectivity index is 1.46. The van der Waals surface area contributed by atoms with E-state index in [-0.39, 0.29) is 0 Å². The second-order valence-corrected chi connectivity index (χ2v) is 8.24. The summed E-state index contributed by atoms with van der Waals surface area (Å²) in [5.74, 6) is 0. The molecule has 0 saturated heterocycles. The van der Waals surface area contributed by atoms with E-state index in [1.165, 1.54) is 5.56 Å². The molecule has 0 N–H and O–H groups in total. The third kappa shape index (κ3) is 2.99. The van der Waals surface area contributed by atoms with Crippen molar-refractivity contribution >= 4 is 11.6 Å². The predicted octanol–water partition coefficient (Wildman–Crippen LogP) is 4.74. The summed E-state index contributed by atoms with van der Waals surface area (Å²) in [5, 5.41) is 9.79. The van der Waals surface area contributed by atoms with Crippen molar-refractivity contribution in [1.82, 2.24) is 29.1 Å². The number of halogens is 1. The Morgan fingerprint density at radius 2 is 1.90 bits per heavy atom. The molecule has 3 aromatic heterocycles. The highest BCUT2D eigenvalue weighted by Gasteiger charge is 2.26. The molecule has 0 radical (unpaired) electrons. The van der Waals surface area contributed by atoms with Crippen LogP contribution in [0.1, 0.15) is 16.8 Å². The van der Waals surface area contributed by atoms with E-state index in [1.54, 1.807) is 0 Å². The van der Waals surface area contributed by atoms with Crippen LogP contribution in [0.2, 0.25) is 5.02 Å². The van der Waals surface area contributed by atoms with Crippen molar-refractivity contribution in [2.75, 3.05) is 0 Å². The average Bonchev–Trinajstić information content (AvgIpc) is 3.47. The number of aryl methyl sites for hydroxylation is 1. The van der Waals surface area contributed by atoms with Crippen molar-refractivity contribution in [3.63, 3.8) is 0 Å². The Morgan fingerprint density at radius 3 is 2.77 bits per heavy atom. The third-order valence-electron chi connectivity index (χ3n) is 5.81. The van der Waals surface area contributed by atoms with Gasteiger partial charge in [-0.15, -0.1) is 0 Å². The van der Waals surface area contributed by atoms with E-state index in [0.29, 0.717) is 5.02 Å². The number of rotatable bonds is 3. The number of imidazole rings is 1. The van der Waals surface area contributed by atoms with Crippen molar-refractivity contribution in [3.8, 4) is 28.2 Å². The van der Waals surface area contributed by atoms with Crippen LogP contribution in [0.15, 0.2) is 73.4 Å². The van der Waals surface area contributed by atoms with Crippen LogP contribution < -0.4 is 0 Å². The van der Waals surface area contributed by atoms with Crippen molar-refractivity contribution in [2.45, 2.75) is 13.0 Å². The summed E-state index contributed by atoms with van der Waals surface area (Å²) in [4.78, 5) is 4.78. The van der Waals surface area contributed by atoms with E-state index in [1.807, 2.05) is 71.5 Å². The van der Waals surface area contributed by atoms with E-state index in [2.05, 4.69) is 33.1 Å². The summed E-state index contributed by atoms with van der Waals surface area (Å²) >= 11 is 6.35. The second-order valence-electron chi connectivity index (χ2n) is 7.80. The SMILES string of the molecule is Cn1ncc2c1-c1cc(Cl)ccc1-n1cnc(-c3cnn(Cc4ccccc4)c3)c1C2. The lowest BCUT2D eigenvalue weighted by Crippen LogP contribution is -2.00. The minimum Gasteiger partial charge on any atom is -0.302 e. The summed E-state index contributed by atoms with van der Waals surface area (Å²) in [5.41, 5.74) is 8.64. The molecule has 5 aromatic rings. The summed E-state index contributed by atoms with van der Waals surface area (Å²) in [6.07, 6.45) is 8.52. The Bertz CT molecular complexity index is 1410. The van der Waals surface area contributed by atoms with Gasteiger partial charge < -0.3 is 4.57 Å². The average molecular weight is 427 g/mol. The van der Waals surface area contributed by atoms with Gasteiger partial charge in [-0.05, 0) is 23.8 Å². The van der Waals surface area contributed by atoms with Crippen LogP contribution in [0.25, 0.3) is 28.2 Å². The molecule has 6 rings (SSSR count). The maximum absolute atomic E-state index is 6.35. The van der Waals surface area contributed by atoms with Crippen LogP contribution in [-0.2, 0) is 20.0 Å². The molecular formula is C24H19ClN6. The van der Waals surface area contributed by atoms with Gasteiger partial charge in [0.15, 0.2) is 0 Å². The zero-order valence-electron chi connectivity index (χ0n) is 16.9. The highest BCUT2D eigenvalue weighted by molar-refractivity contribution is 6.31. The van der Waals surface area contributed by atoms with Gasteiger partial charge in [-0.25, -0.2) is 4.98 Å². The first-order valence-electron chi connectivity index (χ1n) is 10.1.